The van der Waals surface area contributed by atoms with Crippen LogP contribution >= 0.6 is 11.3 Å². The number of hydrogen-bond donors (Lipinski definition) is 2. The number of carboxylic acid groups (broad SMARTS) is 1. The monoisotopic (exact) mass is 292 g/mol. The van der Waals surface area contributed by atoms with Crippen LogP contribution < -0.4 is 0 Å². The van der Waals surface area contributed by atoms with E-state index in [4.69, 9.17) is 9.52 Å². The van der Waals surface area contributed by atoms with Crippen LogP contribution in [0.15, 0.2) is 40.8 Å². The van der Waals surface area contributed by atoms with Gasteiger partial charge in [0.05, 0.1) is 0 Å². The zero-order valence-electron chi connectivity index (χ0n) is 10.0. The van der Waals surface area contributed by atoms with E-state index in [9.17, 15) is 14.3 Å². The molecule has 0 radical (unpaired) electrons. The second-order valence-corrected chi connectivity index (χ2v) is 5.36. The molecule has 2 heterocycles. The second kappa shape index (κ2) is 4.73. The summed E-state index contributed by atoms with van der Waals surface area (Å²) >= 11 is 1.23. The van der Waals surface area contributed by atoms with Gasteiger partial charge in [-0.3, -0.25) is 0 Å². The number of rotatable bonds is 3. The molecule has 3 rings (SSSR count). The van der Waals surface area contributed by atoms with Crippen molar-refractivity contribution in [2.45, 2.75) is 6.10 Å². The highest BCUT2D eigenvalue weighted by Crippen LogP contribution is 2.34. The average molecular weight is 292 g/mol. The average Bonchev–Trinajstić information content (AvgIpc) is 3.03. The molecule has 0 aliphatic carbocycles. The molecule has 6 heteroatoms. The molecule has 0 aliphatic rings. The van der Waals surface area contributed by atoms with Crippen molar-refractivity contribution in [3.8, 4) is 0 Å². The predicted molar refractivity (Wildman–Crippen MR) is 71.5 cm³/mol. The number of furan rings is 1. The largest absolute Gasteiger partial charge is 0.475 e. The third-order valence-corrected chi connectivity index (χ3v) is 4.03. The van der Waals surface area contributed by atoms with Gasteiger partial charge in [-0.05, 0) is 35.7 Å². The van der Waals surface area contributed by atoms with Crippen LogP contribution in [-0.4, -0.2) is 16.2 Å². The summed E-state index contributed by atoms with van der Waals surface area (Å²) in [6.45, 7) is 0. The van der Waals surface area contributed by atoms with Gasteiger partial charge in [0.15, 0.2) is 0 Å². The van der Waals surface area contributed by atoms with E-state index in [1.165, 1.54) is 35.6 Å². The number of aliphatic hydroxyl groups is 1. The lowest BCUT2D eigenvalue weighted by atomic mass is 10.2. The van der Waals surface area contributed by atoms with Crippen LogP contribution in [-0.2, 0) is 0 Å². The minimum absolute atomic E-state index is 0.148. The van der Waals surface area contributed by atoms with Gasteiger partial charge in [0, 0.05) is 9.58 Å². The molecule has 2 aromatic heterocycles. The summed E-state index contributed by atoms with van der Waals surface area (Å²) in [6.07, 6.45) is -1.07. The number of carboxylic acids is 1. The fraction of sp³-hybridized carbons (Fsp3) is 0.0714. The highest BCUT2D eigenvalue weighted by molar-refractivity contribution is 7.19. The van der Waals surface area contributed by atoms with Gasteiger partial charge in [-0.2, -0.15) is 0 Å². The lowest BCUT2D eigenvalue weighted by Gasteiger charge is -2.03. The molecule has 0 spiro atoms. The molecular formula is C14H9FO4S. The van der Waals surface area contributed by atoms with Crippen LogP contribution in [0.4, 0.5) is 4.39 Å². The fourth-order valence-electron chi connectivity index (χ4n) is 1.92. The molecule has 102 valence electrons. The first-order valence-electron chi connectivity index (χ1n) is 5.74. The molecule has 1 atom stereocenters. The summed E-state index contributed by atoms with van der Waals surface area (Å²) in [4.78, 5) is 11.3. The number of hydrogen-bond acceptors (Lipinski definition) is 4. The van der Waals surface area contributed by atoms with E-state index < -0.39 is 12.1 Å². The highest BCUT2D eigenvalue weighted by atomic mass is 32.1. The van der Waals surface area contributed by atoms with E-state index in [1.54, 1.807) is 12.1 Å². The molecule has 0 aliphatic heterocycles. The molecule has 0 bridgehead atoms. The molecule has 3 aromatic rings. The van der Waals surface area contributed by atoms with E-state index in [1.807, 2.05) is 0 Å². The van der Waals surface area contributed by atoms with Gasteiger partial charge in [0.25, 0.3) is 0 Å². The zero-order valence-corrected chi connectivity index (χ0v) is 10.9. The topological polar surface area (TPSA) is 70.7 Å². The normalized spacial score (nSPS) is 12.7. The Morgan fingerprint density at radius 1 is 1.25 bits per heavy atom. The molecule has 4 nitrogen and oxygen atoms in total. The predicted octanol–water partition coefficient (Wildman–Crippen LogP) is 3.41. The van der Waals surface area contributed by atoms with Crippen LogP contribution in [0, 0.1) is 5.82 Å². The van der Waals surface area contributed by atoms with E-state index in [-0.39, 0.29) is 17.3 Å². The third kappa shape index (κ3) is 2.19. The fourth-order valence-corrected chi connectivity index (χ4v) is 3.00. The quantitative estimate of drug-likeness (QED) is 0.776. The third-order valence-electron chi connectivity index (χ3n) is 2.88. The number of halogens is 1. The van der Waals surface area contributed by atoms with Gasteiger partial charge in [-0.1, -0.05) is 6.07 Å². The van der Waals surface area contributed by atoms with Crippen molar-refractivity contribution in [2.24, 2.45) is 0 Å². The summed E-state index contributed by atoms with van der Waals surface area (Å²) in [5, 5.41) is 19.8. The number of fused-ring (bicyclic) bond motifs is 1. The van der Waals surface area contributed by atoms with Crippen molar-refractivity contribution in [1.29, 1.82) is 0 Å². The van der Waals surface area contributed by atoms with Gasteiger partial charge in [0.1, 0.15) is 17.7 Å². The minimum Gasteiger partial charge on any atom is -0.475 e. The van der Waals surface area contributed by atoms with Crippen molar-refractivity contribution in [2.75, 3.05) is 0 Å². The molecule has 0 fully saturated rings. The van der Waals surface area contributed by atoms with E-state index in [0.29, 0.717) is 9.58 Å². The maximum Gasteiger partial charge on any atom is 0.371 e. The molecular weight excluding hydrogens is 283 g/mol. The van der Waals surface area contributed by atoms with Crippen molar-refractivity contribution in [3.05, 3.63) is 58.6 Å². The summed E-state index contributed by atoms with van der Waals surface area (Å²) in [7, 11) is 0. The second-order valence-electron chi connectivity index (χ2n) is 4.24. The number of benzene rings is 1. The number of carbonyl (C=O) groups is 1. The van der Waals surface area contributed by atoms with E-state index in [0.717, 1.165) is 5.39 Å². The maximum absolute atomic E-state index is 13.1. The standard InChI is InChI=1S/C14H9FO4S/c15-8-2-1-7-5-12(20-11(7)6-8)13(16)9-3-4-10(19-9)14(17)18/h1-6,13,16H,(H,17,18). The lowest BCUT2D eigenvalue weighted by Crippen LogP contribution is -1.96. The van der Waals surface area contributed by atoms with Crippen LogP contribution in [0.1, 0.15) is 27.3 Å². The van der Waals surface area contributed by atoms with Gasteiger partial charge in [-0.25, -0.2) is 9.18 Å². The highest BCUT2D eigenvalue weighted by Gasteiger charge is 2.19. The summed E-state index contributed by atoms with van der Waals surface area (Å²) in [6, 6.07) is 8.80. The van der Waals surface area contributed by atoms with Crippen molar-refractivity contribution >= 4 is 27.4 Å². The summed E-state index contributed by atoms with van der Waals surface area (Å²) in [5.74, 6) is -1.62. The molecule has 0 saturated heterocycles. The summed E-state index contributed by atoms with van der Waals surface area (Å²) in [5.41, 5.74) is 0. The minimum atomic E-state index is -1.19. The number of aliphatic hydroxyl groups excluding tert-OH is 1. The molecule has 0 saturated carbocycles. The molecule has 1 unspecified atom stereocenters. The molecule has 2 N–H and O–H groups in total. The number of aromatic carboxylic acids is 1. The first-order chi connectivity index (χ1) is 9.54. The van der Waals surface area contributed by atoms with Crippen molar-refractivity contribution in [3.63, 3.8) is 0 Å². The van der Waals surface area contributed by atoms with E-state index in [2.05, 4.69) is 0 Å². The Morgan fingerprint density at radius 2 is 2.05 bits per heavy atom. The van der Waals surface area contributed by atoms with Gasteiger partial charge in [-0.15, -0.1) is 11.3 Å². The Balaban J connectivity index is 1.98. The first-order valence-corrected chi connectivity index (χ1v) is 6.56. The first kappa shape index (κ1) is 12.8. The Labute approximate surface area is 116 Å². The van der Waals surface area contributed by atoms with Gasteiger partial charge < -0.3 is 14.6 Å². The van der Waals surface area contributed by atoms with Crippen LogP contribution in [0.3, 0.4) is 0 Å². The van der Waals surface area contributed by atoms with Crippen molar-refractivity contribution in [1.82, 2.24) is 0 Å². The molecule has 20 heavy (non-hydrogen) atoms. The smallest absolute Gasteiger partial charge is 0.371 e. The maximum atomic E-state index is 13.1. The Kier molecular flexibility index (Phi) is 3.04. The lowest BCUT2D eigenvalue weighted by molar-refractivity contribution is 0.0655. The molecule has 1 aromatic carbocycles. The van der Waals surface area contributed by atoms with E-state index >= 15 is 0 Å². The Hall–Kier alpha value is -2.18. The Bertz CT molecular complexity index is 789. The van der Waals surface area contributed by atoms with Gasteiger partial charge in [0.2, 0.25) is 5.76 Å². The summed E-state index contributed by atoms with van der Waals surface area (Å²) < 4.78 is 18.9. The van der Waals surface area contributed by atoms with Crippen LogP contribution in [0.2, 0.25) is 0 Å². The van der Waals surface area contributed by atoms with Crippen molar-refractivity contribution < 1.29 is 23.8 Å². The zero-order chi connectivity index (χ0) is 14.3. The Morgan fingerprint density at radius 3 is 2.75 bits per heavy atom. The SMILES string of the molecule is O=C(O)c1ccc(C(O)c2cc3ccc(F)cc3s2)o1. The molecule has 0 amide bonds. The van der Waals surface area contributed by atoms with Crippen LogP contribution in [0.5, 0.6) is 0 Å². The number of thiophene rings is 1. The van der Waals surface area contributed by atoms with Crippen LogP contribution in [0.25, 0.3) is 10.1 Å². The van der Waals surface area contributed by atoms with Gasteiger partial charge >= 0.3 is 5.97 Å².